The van der Waals surface area contributed by atoms with E-state index in [9.17, 15) is 0 Å². The minimum atomic E-state index is 0.364. The molecule has 1 heteroatoms. The lowest BCUT2D eigenvalue weighted by Gasteiger charge is -2.58. The van der Waals surface area contributed by atoms with Crippen molar-refractivity contribution in [1.82, 2.24) is 4.57 Å². The van der Waals surface area contributed by atoms with Crippen LogP contribution in [0.25, 0.3) is 10.9 Å². The number of nitrogens with zero attached hydrogens (tertiary/aromatic N) is 1. The van der Waals surface area contributed by atoms with E-state index in [1.165, 1.54) is 49.4 Å². The van der Waals surface area contributed by atoms with E-state index in [1.807, 2.05) is 5.57 Å². The van der Waals surface area contributed by atoms with Gasteiger partial charge in [0.2, 0.25) is 0 Å². The molecular formula is C28H35N. The van der Waals surface area contributed by atoms with Gasteiger partial charge in [0.15, 0.2) is 0 Å². The lowest BCUT2D eigenvalue weighted by atomic mass is 9.47. The summed E-state index contributed by atoms with van der Waals surface area (Å²) in [6.45, 7) is 7.64. The molecule has 6 rings (SSSR count). The van der Waals surface area contributed by atoms with Crippen LogP contribution in [-0.2, 0) is 0 Å². The number of para-hydroxylation sites is 1. The number of benzene rings is 1. The zero-order valence-corrected chi connectivity index (χ0v) is 18.3. The van der Waals surface area contributed by atoms with Crippen molar-refractivity contribution >= 4 is 10.9 Å². The van der Waals surface area contributed by atoms with Gasteiger partial charge in [0.05, 0.1) is 6.04 Å². The van der Waals surface area contributed by atoms with E-state index in [0.29, 0.717) is 16.9 Å². The average molecular weight is 386 g/mol. The highest BCUT2D eigenvalue weighted by Crippen LogP contribution is 2.66. The molecule has 1 aromatic carbocycles. The third-order valence-electron chi connectivity index (χ3n) is 9.74. The molecule has 29 heavy (non-hydrogen) atoms. The van der Waals surface area contributed by atoms with Crippen LogP contribution in [0.1, 0.15) is 65.3 Å². The Morgan fingerprint density at radius 3 is 2.72 bits per heavy atom. The molecule has 0 aliphatic heterocycles. The zero-order chi connectivity index (χ0) is 19.8. The third kappa shape index (κ3) is 2.39. The quantitative estimate of drug-likeness (QED) is 0.446. The van der Waals surface area contributed by atoms with Crippen LogP contribution in [0.5, 0.6) is 0 Å². The summed E-state index contributed by atoms with van der Waals surface area (Å²) in [6.07, 6.45) is 18.5. The van der Waals surface area contributed by atoms with Crippen molar-refractivity contribution in [2.24, 2.45) is 34.5 Å². The molecule has 4 aliphatic rings. The first-order valence-electron chi connectivity index (χ1n) is 12.0. The first-order valence-corrected chi connectivity index (χ1v) is 12.0. The molecule has 1 aromatic heterocycles. The Balaban J connectivity index is 1.36. The fraction of sp³-hybridized carbons (Fsp3) is 0.571. The molecular weight excluding hydrogens is 350 g/mol. The number of allylic oxidation sites excluding steroid dienone is 4. The van der Waals surface area contributed by atoms with Crippen molar-refractivity contribution in [2.45, 2.75) is 65.3 Å². The highest BCUT2D eigenvalue weighted by atomic mass is 15.0. The second-order valence-corrected chi connectivity index (χ2v) is 11.1. The molecule has 2 fully saturated rings. The van der Waals surface area contributed by atoms with Gasteiger partial charge in [-0.1, -0.05) is 62.8 Å². The number of hydrogen-bond acceptors (Lipinski definition) is 0. The van der Waals surface area contributed by atoms with Gasteiger partial charge in [-0.15, -0.1) is 0 Å². The van der Waals surface area contributed by atoms with E-state index in [4.69, 9.17) is 0 Å². The average Bonchev–Trinajstić information content (AvgIpc) is 3.29. The number of aromatic nitrogens is 1. The molecule has 7 atom stereocenters. The second kappa shape index (κ2) is 6.13. The van der Waals surface area contributed by atoms with Gasteiger partial charge in [0, 0.05) is 11.7 Å². The summed E-state index contributed by atoms with van der Waals surface area (Å²) in [4.78, 5) is 0. The smallest absolute Gasteiger partial charge is 0.0576 e. The minimum Gasteiger partial charge on any atom is -0.340 e. The van der Waals surface area contributed by atoms with Crippen LogP contribution < -0.4 is 0 Å². The summed E-state index contributed by atoms with van der Waals surface area (Å²) < 4.78 is 2.57. The maximum atomic E-state index is 2.66. The first-order chi connectivity index (χ1) is 14.0. The summed E-state index contributed by atoms with van der Waals surface area (Å²) in [7, 11) is 0. The third-order valence-corrected chi connectivity index (χ3v) is 9.74. The summed E-state index contributed by atoms with van der Waals surface area (Å²) in [5.41, 5.74) is 4.05. The monoisotopic (exact) mass is 385 g/mol. The Labute approximate surface area is 175 Å². The van der Waals surface area contributed by atoms with Gasteiger partial charge in [-0.25, -0.2) is 0 Å². The fourth-order valence-corrected chi connectivity index (χ4v) is 8.09. The van der Waals surface area contributed by atoms with E-state index in [2.05, 4.69) is 80.1 Å². The van der Waals surface area contributed by atoms with Crippen molar-refractivity contribution in [3.05, 3.63) is 60.3 Å². The van der Waals surface area contributed by atoms with Crippen LogP contribution in [0.4, 0.5) is 0 Å². The van der Waals surface area contributed by atoms with Crippen LogP contribution in [0.15, 0.2) is 60.3 Å². The Hall–Kier alpha value is -1.76. The normalized spacial score (nSPS) is 43.6. The topological polar surface area (TPSA) is 4.93 Å². The summed E-state index contributed by atoms with van der Waals surface area (Å²) in [5, 5.41) is 1.37. The lowest BCUT2D eigenvalue weighted by Crippen LogP contribution is -2.50. The predicted molar refractivity (Wildman–Crippen MR) is 122 cm³/mol. The molecule has 0 saturated heterocycles. The SMILES string of the molecule is C[C@@H]1C=C2CCC3C4C=CC(n5ccc6ccccc65)[C@@]4(C)CCC3[C@@]2(C)CC1. The number of rotatable bonds is 1. The van der Waals surface area contributed by atoms with Crippen molar-refractivity contribution in [3.8, 4) is 0 Å². The van der Waals surface area contributed by atoms with Crippen LogP contribution in [-0.4, -0.2) is 4.57 Å². The second-order valence-electron chi connectivity index (χ2n) is 11.1. The number of hydrogen-bond donors (Lipinski definition) is 0. The van der Waals surface area contributed by atoms with Gasteiger partial charge in [-0.3, -0.25) is 0 Å². The molecule has 0 radical (unpaired) electrons. The molecule has 1 nitrogen and oxygen atoms in total. The molecule has 0 amide bonds. The molecule has 4 aliphatic carbocycles. The molecule has 1 heterocycles. The maximum absolute atomic E-state index is 2.66. The van der Waals surface area contributed by atoms with E-state index in [1.54, 1.807) is 0 Å². The number of fused-ring (bicyclic) bond motifs is 6. The molecule has 0 N–H and O–H groups in total. The van der Waals surface area contributed by atoms with Gasteiger partial charge in [-0.05, 0) is 90.5 Å². The van der Waals surface area contributed by atoms with Crippen molar-refractivity contribution in [1.29, 1.82) is 0 Å². The Morgan fingerprint density at radius 2 is 1.83 bits per heavy atom. The molecule has 4 unspecified atom stereocenters. The molecule has 152 valence electrons. The van der Waals surface area contributed by atoms with Gasteiger partial charge >= 0.3 is 0 Å². The van der Waals surface area contributed by atoms with Crippen LogP contribution >= 0.6 is 0 Å². The van der Waals surface area contributed by atoms with Crippen LogP contribution in [0.2, 0.25) is 0 Å². The van der Waals surface area contributed by atoms with E-state index in [-0.39, 0.29) is 0 Å². The van der Waals surface area contributed by atoms with E-state index in [0.717, 1.165) is 23.7 Å². The first kappa shape index (κ1) is 18.0. The van der Waals surface area contributed by atoms with Crippen molar-refractivity contribution in [3.63, 3.8) is 0 Å². The van der Waals surface area contributed by atoms with Crippen LogP contribution in [0.3, 0.4) is 0 Å². The molecule has 0 spiro atoms. The predicted octanol–water partition coefficient (Wildman–Crippen LogP) is 7.56. The maximum Gasteiger partial charge on any atom is 0.0576 e. The Morgan fingerprint density at radius 1 is 0.966 bits per heavy atom. The summed E-state index contributed by atoms with van der Waals surface area (Å²) >= 11 is 0. The highest BCUT2D eigenvalue weighted by Gasteiger charge is 2.57. The largest absolute Gasteiger partial charge is 0.340 e. The van der Waals surface area contributed by atoms with E-state index < -0.39 is 0 Å². The Bertz CT molecular complexity index is 1010. The highest BCUT2D eigenvalue weighted by molar-refractivity contribution is 5.80. The van der Waals surface area contributed by atoms with Gasteiger partial charge in [0.1, 0.15) is 0 Å². The van der Waals surface area contributed by atoms with Gasteiger partial charge in [-0.2, -0.15) is 0 Å². The standard InChI is InChI=1S/C28H35N/c1-19-12-15-27(2)21(18-19)8-9-22-23-10-11-26(28(23,3)16-13-24(22)27)29-17-14-20-6-4-5-7-25(20)29/h4-7,10-11,14,17-19,22-24,26H,8-9,12-13,15-16H2,1-3H3/t19-,22?,23?,24?,26?,27-,28-/m0/s1. The van der Waals surface area contributed by atoms with Gasteiger partial charge < -0.3 is 4.57 Å². The summed E-state index contributed by atoms with van der Waals surface area (Å²) in [5.74, 6) is 3.29. The molecule has 2 aromatic rings. The minimum absolute atomic E-state index is 0.364. The van der Waals surface area contributed by atoms with Crippen molar-refractivity contribution < 1.29 is 0 Å². The zero-order valence-electron chi connectivity index (χ0n) is 18.3. The lowest BCUT2D eigenvalue weighted by molar-refractivity contribution is -0.0393. The van der Waals surface area contributed by atoms with Gasteiger partial charge in [0.25, 0.3) is 0 Å². The fourth-order valence-electron chi connectivity index (χ4n) is 8.09. The summed E-state index contributed by atoms with van der Waals surface area (Å²) in [6, 6.07) is 11.7. The van der Waals surface area contributed by atoms with Crippen molar-refractivity contribution in [2.75, 3.05) is 0 Å². The van der Waals surface area contributed by atoms with Crippen LogP contribution in [0, 0.1) is 34.5 Å². The Kier molecular flexibility index (Phi) is 3.81. The van der Waals surface area contributed by atoms with E-state index >= 15 is 0 Å². The molecule has 0 bridgehead atoms. The molecule has 2 saturated carbocycles.